The Morgan fingerprint density at radius 1 is 1.58 bits per heavy atom. The number of alkyl carbamates (subject to hydrolysis) is 1. The summed E-state index contributed by atoms with van der Waals surface area (Å²) in [6.45, 7) is 9.86. The number of nitrogens with one attached hydrogen (secondary N) is 2. The van der Waals surface area contributed by atoms with Crippen molar-refractivity contribution in [3.8, 4) is 0 Å². The maximum Gasteiger partial charge on any atom is 0.408 e. The predicted octanol–water partition coefficient (Wildman–Crippen LogP) is 2.59. The summed E-state index contributed by atoms with van der Waals surface area (Å²) in [6.07, 6.45) is -0.436. The van der Waals surface area contributed by atoms with Crippen LogP contribution >= 0.6 is 0 Å². The van der Waals surface area contributed by atoms with Gasteiger partial charge >= 0.3 is 6.09 Å². The summed E-state index contributed by atoms with van der Waals surface area (Å²) in [7, 11) is 0. The third-order valence-electron chi connectivity index (χ3n) is 2.84. The number of hydrogen-bond donors (Lipinski definition) is 2. The van der Waals surface area contributed by atoms with Crippen molar-refractivity contribution in [1.29, 1.82) is 0 Å². The second kappa shape index (κ2) is 4.85. The highest BCUT2D eigenvalue weighted by Gasteiger charge is 2.26. The molecule has 0 aromatic carbocycles. The molecule has 0 saturated heterocycles. The number of H-pyrrole nitrogens is 1. The second-order valence-electron chi connectivity index (χ2n) is 5.81. The van der Waals surface area contributed by atoms with Gasteiger partial charge in [-0.05, 0) is 34.6 Å². The molecule has 2 atom stereocenters. The van der Waals surface area contributed by atoms with E-state index < -0.39 is 11.7 Å². The van der Waals surface area contributed by atoms with Crippen molar-refractivity contribution in [2.24, 2.45) is 0 Å². The van der Waals surface area contributed by atoms with Gasteiger partial charge in [-0.1, -0.05) is 0 Å². The monoisotopic (exact) mass is 267 g/mol. The number of aromatic nitrogens is 2. The fourth-order valence-electron chi connectivity index (χ4n) is 1.94. The van der Waals surface area contributed by atoms with Crippen molar-refractivity contribution >= 4 is 6.09 Å². The van der Waals surface area contributed by atoms with Gasteiger partial charge in [0.1, 0.15) is 11.4 Å². The van der Waals surface area contributed by atoms with Gasteiger partial charge in [-0.15, -0.1) is 0 Å². The number of carbonyl (C=O) groups is 1. The summed E-state index contributed by atoms with van der Waals surface area (Å²) in [5, 5.41) is 2.76. The van der Waals surface area contributed by atoms with E-state index in [0.717, 1.165) is 17.2 Å². The highest BCUT2D eigenvalue weighted by Crippen LogP contribution is 2.29. The maximum atomic E-state index is 11.7. The third kappa shape index (κ3) is 3.26. The lowest BCUT2D eigenvalue weighted by molar-refractivity contribution is 0.0505. The minimum Gasteiger partial charge on any atom is -0.444 e. The largest absolute Gasteiger partial charge is 0.444 e. The van der Waals surface area contributed by atoms with E-state index in [0.29, 0.717) is 6.61 Å². The summed E-state index contributed by atoms with van der Waals surface area (Å²) in [4.78, 5) is 19.3. The van der Waals surface area contributed by atoms with E-state index in [9.17, 15) is 4.79 Å². The number of hydrogen-bond acceptors (Lipinski definition) is 4. The van der Waals surface area contributed by atoms with Crippen LogP contribution in [-0.4, -0.2) is 21.7 Å². The molecule has 0 bridgehead atoms. The molecule has 0 aliphatic carbocycles. The molecule has 19 heavy (non-hydrogen) atoms. The van der Waals surface area contributed by atoms with E-state index in [2.05, 4.69) is 15.3 Å². The topological polar surface area (TPSA) is 76.2 Å². The zero-order valence-electron chi connectivity index (χ0n) is 12.0. The Kier molecular flexibility index (Phi) is 3.54. The van der Waals surface area contributed by atoms with E-state index in [4.69, 9.17) is 9.47 Å². The van der Waals surface area contributed by atoms with Crippen molar-refractivity contribution in [2.75, 3.05) is 0 Å². The first-order chi connectivity index (χ1) is 8.76. The molecular weight excluding hydrogens is 246 g/mol. The molecule has 6 heteroatoms. The number of carbonyl (C=O) groups excluding carboxylic acids is 1. The Balaban J connectivity index is 1.99. The first-order valence-electron chi connectivity index (χ1n) is 6.46. The normalized spacial score (nSPS) is 19.9. The van der Waals surface area contributed by atoms with Crippen molar-refractivity contribution < 1.29 is 14.3 Å². The molecular formula is C13H21N3O3. The van der Waals surface area contributed by atoms with E-state index in [1.165, 1.54) is 0 Å². The Morgan fingerprint density at radius 3 is 2.84 bits per heavy atom. The summed E-state index contributed by atoms with van der Waals surface area (Å²) in [5.74, 6) is 0.728. The van der Waals surface area contributed by atoms with Crippen LogP contribution in [0.15, 0.2) is 0 Å². The molecule has 2 rings (SSSR count). The number of nitrogens with zero attached hydrogens (tertiary/aromatic N) is 1. The maximum absolute atomic E-state index is 11.7. The first-order valence-corrected chi connectivity index (χ1v) is 6.46. The van der Waals surface area contributed by atoms with Crippen LogP contribution < -0.4 is 5.32 Å². The van der Waals surface area contributed by atoms with Crippen LogP contribution in [-0.2, 0) is 16.1 Å². The molecule has 1 aliphatic heterocycles. The highest BCUT2D eigenvalue weighted by molar-refractivity contribution is 5.68. The summed E-state index contributed by atoms with van der Waals surface area (Å²) >= 11 is 0. The average molecular weight is 267 g/mol. The van der Waals surface area contributed by atoms with Crippen LogP contribution in [0, 0.1) is 0 Å². The van der Waals surface area contributed by atoms with Gasteiger partial charge in [0.2, 0.25) is 0 Å². The lowest BCUT2D eigenvalue weighted by atomic mass is 10.2. The molecule has 1 amide bonds. The summed E-state index contributed by atoms with van der Waals surface area (Å²) < 4.78 is 10.7. The molecule has 1 aromatic rings. The second-order valence-corrected chi connectivity index (χ2v) is 5.81. The van der Waals surface area contributed by atoms with Gasteiger partial charge in [-0.2, -0.15) is 0 Å². The standard InChI is InChI=1S/C13H21N3O3/c1-7(14-12(17)19-13(3,4)5)11-15-9-6-18-8(2)10(9)16-11/h7-8H,6H2,1-5H3,(H,14,17)(H,15,16). The van der Waals surface area contributed by atoms with E-state index >= 15 is 0 Å². The average Bonchev–Trinajstić information content (AvgIpc) is 2.78. The van der Waals surface area contributed by atoms with Crippen molar-refractivity contribution in [2.45, 2.75) is 59.0 Å². The lowest BCUT2D eigenvalue weighted by Gasteiger charge is -2.21. The minimum absolute atomic E-state index is 0.00808. The predicted molar refractivity (Wildman–Crippen MR) is 69.6 cm³/mol. The van der Waals surface area contributed by atoms with Gasteiger partial charge < -0.3 is 19.8 Å². The van der Waals surface area contributed by atoms with E-state index in [1.807, 2.05) is 34.6 Å². The number of aromatic amines is 1. The van der Waals surface area contributed by atoms with E-state index in [-0.39, 0.29) is 12.1 Å². The molecule has 0 spiro atoms. The molecule has 0 saturated carbocycles. The zero-order chi connectivity index (χ0) is 14.2. The fourth-order valence-corrected chi connectivity index (χ4v) is 1.94. The smallest absolute Gasteiger partial charge is 0.408 e. The number of imidazole rings is 1. The van der Waals surface area contributed by atoms with Gasteiger partial charge in [0.05, 0.1) is 30.1 Å². The lowest BCUT2D eigenvalue weighted by Crippen LogP contribution is -2.34. The quantitative estimate of drug-likeness (QED) is 0.863. The molecule has 0 radical (unpaired) electrons. The number of amides is 1. The van der Waals surface area contributed by atoms with Crippen LogP contribution in [0.25, 0.3) is 0 Å². The molecule has 6 nitrogen and oxygen atoms in total. The molecule has 0 fully saturated rings. The Hall–Kier alpha value is -1.56. The molecule has 1 aromatic heterocycles. The van der Waals surface area contributed by atoms with Crippen molar-refractivity contribution in [3.63, 3.8) is 0 Å². The Morgan fingerprint density at radius 2 is 2.26 bits per heavy atom. The van der Waals surface area contributed by atoms with Gasteiger partial charge in [-0.3, -0.25) is 0 Å². The van der Waals surface area contributed by atoms with Gasteiger partial charge in [-0.25, -0.2) is 9.78 Å². The van der Waals surface area contributed by atoms with Crippen LogP contribution in [0.1, 0.15) is 64.0 Å². The molecule has 2 N–H and O–H groups in total. The highest BCUT2D eigenvalue weighted by atomic mass is 16.6. The SMILES string of the molecule is CC(NC(=O)OC(C)(C)C)c1nc2c([nH]1)COC2C. The molecule has 1 aliphatic rings. The number of ether oxygens (including phenoxy) is 2. The van der Waals surface area contributed by atoms with Crippen LogP contribution in [0.3, 0.4) is 0 Å². The van der Waals surface area contributed by atoms with E-state index in [1.54, 1.807) is 0 Å². The molecule has 106 valence electrons. The zero-order valence-corrected chi connectivity index (χ0v) is 12.0. The van der Waals surface area contributed by atoms with Gasteiger partial charge in [0.15, 0.2) is 0 Å². The molecule has 2 heterocycles. The number of fused-ring (bicyclic) bond motifs is 1. The Bertz CT molecular complexity index is 476. The number of rotatable bonds is 2. The van der Waals surface area contributed by atoms with Crippen LogP contribution in [0.4, 0.5) is 4.79 Å². The Labute approximate surface area is 112 Å². The van der Waals surface area contributed by atoms with Gasteiger partial charge in [0, 0.05) is 0 Å². The third-order valence-corrected chi connectivity index (χ3v) is 2.84. The fraction of sp³-hybridized carbons (Fsp3) is 0.692. The van der Waals surface area contributed by atoms with Crippen LogP contribution in [0.2, 0.25) is 0 Å². The van der Waals surface area contributed by atoms with Crippen LogP contribution in [0.5, 0.6) is 0 Å². The first kappa shape index (κ1) is 13.9. The summed E-state index contributed by atoms with van der Waals surface area (Å²) in [5.41, 5.74) is 1.41. The van der Waals surface area contributed by atoms with Crippen molar-refractivity contribution in [1.82, 2.24) is 15.3 Å². The van der Waals surface area contributed by atoms with Gasteiger partial charge in [0.25, 0.3) is 0 Å². The summed E-state index contributed by atoms with van der Waals surface area (Å²) in [6, 6.07) is -0.229. The van der Waals surface area contributed by atoms with Crippen molar-refractivity contribution in [3.05, 3.63) is 17.2 Å². The molecule has 2 unspecified atom stereocenters. The minimum atomic E-state index is -0.503.